The Bertz CT molecular complexity index is 1440. The van der Waals surface area contributed by atoms with Gasteiger partial charge in [-0.05, 0) is 61.2 Å². The van der Waals surface area contributed by atoms with E-state index in [1.165, 1.54) is 0 Å². The highest BCUT2D eigenvalue weighted by Crippen LogP contribution is 2.29. The van der Waals surface area contributed by atoms with E-state index >= 15 is 0 Å². The molecule has 2 aromatic heterocycles. The molecule has 0 unspecified atom stereocenters. The van der Waals surface area contributed by atoms with Gasteiger partial charge in [0.05, 0.1) is 6.54 Å². The molecule has 36 heavy (non-hydrogen) atoms. The van der Waals surface area contributed by atoms with Gasteiger partial charge in [-0.2, -0.15) is 4.98 Å². The maximum absolute atomic E-state index is 12.9. The summed E-state index contributed by atoms with van der Waals surface area (Å²) in [6.07, 6.45) is 3.95. The SMILES string of the molecule is CCc1oc2ccc(Nc3nc(=O)c(C(=O)NC(CC)CC)cn3Cc3ccc(Cl)cc3)cc2c1C. The van der Waals surface area contributed by atoms with Gasteiger partial charge in [-0.15, -0.1) is 0 Å². The van der Waals surface area contributed by atoms with E-state index in [-0.39, 0.29) is 11.6 Å². The minimum atomic E-state index is -0.581. The Labute approximate surface area is 215 Å². The van der Waals surface area contributed by atoms with Crippen molar-refractivity contribution in [3.05, 3.63) is 86.5 Å². The number of halogens is 1. The third-order valence-electron chi connectivity index (χ3n) is 6.44. The number of carbonyl (C=O) groups is 1. The Morgan fingerprint density at radius 1 is 1.11 bits per heavy atom. The average Bonchev–Trinajstić information content (AvgIpc) is 3.20. The van der Waals surface area contributed by atoms with Gasteiger partial charge in [-0.3, -0.25) is 9.59 Å². The number of amides is 1. The predicted molar refractivity (Wildman–Crippen MR) is 144 cm³/mol. The summed E-state index contributed by atoms with van der Waals surface area (Å²) in [7, 11) is 0. The van der Waals surface area contributed by atoms with Gasteiger partial charge in [0, 0.05) is 34.8 Å². The van der Waals surface area contributed by atoms with Crippen LogP contribution in [0.3, 0.4) is 0 Å². The molecule has 8 heteroatoms. The van der Waals surface area contributed by atoms with Gasteiger partial charge >= 0.3 is 0 Å². The largest absolute Gasteiger partial charge is 0.461 e. The van der Waals surface area contributed by atoms with E-state index in [1.54, 1.807) is 10.8 Å². The lowest BCUT2D eigenvalue weighted by Crippen LogP contribution is -2.37. The second-order valence-electron chi connectivity index (χ2n) is 8.86. The molecule has 1 amide bonds. The van der Waals surface area contributed by atoms with Gasteiger partial charge in [0.25, 0.3) is 11.5 Å². The number of nitrogens with zero attached hydrogens (tertiary/aromatic N) is 2. The highest BCUT2D eigenvalue weighted by molar-refractivity contribution is 6.30. The lowest BCUT2D eigenvalue weighted by molar-refractivity contribution is 0.0932. The van der Waals surface area contributed by atoms with Gasteiger partial charge in [-0.1, -0.05) is 44.5 Å². The summed E-state index contributed by atoms with van der Waals surface area (Å²) in [5, 5.41) is 7.85. The highest BCUT2D eigenvalue weighted by Gasteiger charge is 2.18. The van der Waals surface area contributed by atoms with Crippen molar-refractivity contribution in [2.24, 2.45) is 0 Å². The molecule has 2 N–H and O–H groups in total. The number of rotatable bonds is 9. The average molecular weight is 507 g/mol. The van der Waals surface area contributed by atoms with Crippen LogP contribution in [0, 0.1) is 6.92 Å². The van der Waals surface area contributed by atoms with Crippen LogP contribution < -0.4 is 16.2 Å². The second kappa shape index (κ2) is 11.0. The quantitative estimate of drug-likeness (QED) is 0.281. The maximum Gasteiger partial charge on any atom is 0.287 e. The first-order valence-electron chi connectivity index (χ1n) is 12.3. The molecule has 2 aromatic carbocycles. The van der Waals surface area contributed by atoms with Crippen molar-refractivity contribution in [2.75, 3.05) is 5.32 Å². The summed E-state index contributed by atoms with van der Waals surface area (Å²) < 4.78 is 7.70. The number of nitrogens with one attached hydrogen (secondary N) is 2. The molecular weight excluding hydrogens is 476 g/mol. The van der Waals surface area contributed by atoms with E-state index in [9.17, 15) is 9.59 Å². The predicted octanol–water partition coefficient (Wildman–Crippen LogP) is 6.22. The van der Waals surface area contributed by atoms with E-state index in [2.05, 4.69) is 22.5 Å². The van der Waals surface area contributed by atoms with Crippen LogP contribution in [0.4, 0.5) is 11.6 Å². The molecule has 7 nitrogen and oxygen atoms in total. The summed E-state index contributed by atoms with van der Waals surface area (Å²) in [4.78, 5) is 30.1. The first kappa shape index (κ1) is 25.5. The topological polar surface area (TPSA) is 89.2 Å². The van der Waals surface area contributed by atoms with Crippen molar-refractivity contribution in [3.8, 4) is 0 Å². The minimum Gasteiger partial charge on any atom is -0.461 e. The zero-order valence-corrected chi connectivity index (χ0v) is 21.8. The zero-order valence-electron chi connectivity index (χ0n) is 21.0. The van der Waals surface area contributed by atoms with Crippen LogP contribution in [0.2, 0.25) is 5.02 Å². The summed E-state index contributed by atoms with van der Waals surface area (Å²) in [6, 6.07) is 13.2. The smallest absolute Gasteiger partial charge is 0.287 e. The number of carbonyl (C=O) groups excluding carboxylic acids is 1. The van der Waals surface area contributed by atoms with Crippen molar-refractivity contribution in [1.29, 1.82) is 0 Å². The molecule has 0 radical (unpaired) electrons. The number of benzene rings is 2. The summed E-state index contributed by atoms with van der Waals surface area (Å²) >= 11 is 6.06. The van der Waals surface area contributed by atoms with Crippen LogP contribution in [-0.2, 0) is 13.0 Å². The molecule has 0 saturated carbocycles. The van der Waals surface area contributed by atoms with Crippen LogP contribution >= 0.6 is 11.6 Å². The van der Waals surface area contributed by atoms with Crippen LogP contribution in [-0.4, -0.2) is 21.5 Å². The molecule has 4 rings (SSSR count). The summed E-state index contributed by atoms with van der Waals surface area (Å²) in [5.74, 6) is 0.873. The van der Waals surface area contributed by atoms with E-state index in [0.717, 1.165) is 52.8 Å². The van der Waals surface area contributed by atoms with Crippen LogP contribution in [0.15, 0.2) is 57.9 Å². The van der Waals surface area contributed by atoms with Crippen molar-refractivity contribution in [1.82, 2.24) is 14.9 Å². The fourth-order valence-corrected chi connectivity index (χ4v) is 4.35. The van der Waals surface area contributed by atoms with Crippen LogP contribution in [0.5, 0.6) is 0 Å². The zero-order chi connectivity index (χ0) is 25.8. The standard InChI is InChI=1S/C28H31ClN4O3/c1-5-20(6-2)30-26(34)23-16-33(15-18-8-10-19(29)11-9-18)28(32-27(23)35)31-21-12-13-25-22(14-21)17(4)24(7-3)36-25/h8-14,16,20H,5-7,15H2,1-4H3,(H,30,34)(H,31,32,35). The number of hydrogen-bond donors (Lipinski definition) is 2. The maximum atomic E-state index is 12.9. The van der Waals surface area contributed by atoms with Gasteiger partial charge in [0.1, 0.15) is 16.9 Å². The fraction of sp³-hybridized carbons (Fsp3) is 0.321. The first-order chi connectivity index (χ1) is 17.3. The monoisotopic (exact) mass is 506 g/mol. The number of aromatic nitrogens is 2. The Morgan fingerprint density at radius 2 is 1.83 bits per heavy atom. The van der Waals surface area contributed by atoms with E-state index in [4.69, 9.17) is 16.0 Å². The molecule has 0 spiro atoms. The molecule has 0 bridgehead atoms. The number of fused-ring (bicyclic) bond motifs is 1. The van der Waals surface area contributed by atoms with Crippen molar-refractivity contribution in [3.63, 3.8) is 0 Å². The first-order valence-corrected chi connectivity index (χ1v) is 12.7. The number of hydrogen-bond acceptors (Lipinski definition) is 5. The highest BCUT2D eigenvalue weighted by atomic mass is 35.5. The molecule has 188 valence electrons. The lowest BCUT2D eigenvalue weighted by atomic mass is 10.1. The Kier molecular flexibility index (Phi) is 7.79. The third kappa shape index (κ3) is 5.46. The molecule has 2 heterocycles. The number of furan rings is 1. The van der Waals surface area contributed by atoms with Gasteiger partial charge < -0.3 is 19.6 Å². The normalized spacial score (nSPS) is 11.3. The Morgan fingerprint density at radius 3 is 2.50 bits per heavy atom. The molecular formula is C28H31ClN4O3. The van der Waals surface area contributed by atoms with Gasteiger partial charge in [0.2, 0.25) is 5.95 Å². The Balaban J connectivity index is 1.73. The van der Waals surface area contributed by atoms with Crippen molar-refractivity contribution in [2.45, 2.75) is 59.5 Å². The molecule has 0 atom stereocenters. The molecule has 0 saturated heterocycles. The summed E-state index contributed by atoms with van der Waals surface area (Å²) in [5.41, 5.74) is 3.05. The van der Waals surface area contributed by atoms with Crippen molar-refractivity contribution < 1.29 is 9.21 Å². The van der Waals surface area contributed by atoms with Crippen LogP contribution in [0.25, 0.3) is 11.0 Å². The number of aryl methyl sites for hydroxylation is 2. The van der Waals surface area contributed by atoms with E-state index in [0.29, 0.717) is 17.5 Å². The molecule has 4 aromatic rings. The summed E-state index contributed by atoms with van der Waals surface area (Å²) in [6.45, 7) is 8.49. The molecule has 0 aliphatic carbocycles. The fourth-order valence-electron chi connectivity index (χ4n) is 4.23. The van der Waals surface area contributed by atoms with Crippen LogP contribution in [0.1, 0.15) is 60.9 Å². The molecule has 0 fully saturated rings. The Hall–Kier alpha value is -3.58. The lowest BCUT2D eigenvalue weighted by Gasteiger charge is -2.17. The van der Waals surface area contributed by atoms with Gasteiger partial charge in [-0.25, -0.2) is 0 Å². The molecule has 0 aliphatic rings. The third-order valence-corrected chi connectivity index (χ3v) is 6.69. The van der Waals surface area contributed by atoms with E-state index in [1.807, 2.05) is 63.2 Å². The minimum absolute atomic E-state index is 0.00245. The second-order valence-corrected chi connectivity index (χ2v) is 9.30. The van der Waals surface area contributed by atoms with Gasteiger partial charge in [0.15, 0.2) is 0 Å². The van der Waals surface area contributed by atoms with Crippen molar-refractivity contribution >= 4 is 40.1 Å². The number of anilines is 2. The molecule has 0 aliphatic heterocycles. The van der Waals surface area contributed by atoms with E-state index < -0.39 is 11.5 Å².